The Morgan fingerprint density at radius 3 is 2.40 bits per heavy atom. The Morgan fingerprint density at radius 1 is 0.920 bits per heavy atom. The summed E-state index contributed by atoms with van der Waals surface area (Å²) in [5, 5.41) is 36.8. The van der Waals surface area contributed by atoms with Crippen molar-refractivity contribution in [1.29, 1.82) is 0 Å². The van der Waals surface area contributed by atoms with E-state index in [1.807, 2.05) is 30.3 Å². The maximum Gasteiger partial charge on any atom is 0.277 e. The first-order valence-electron chi connectivity index (χ1n) is 7.99. The highest BCUT2D eigenvalue weighted by Gasteiger charge is 2.26. The van der Waals surface area contributed by atoms with Gasteiger partial charge in [0.25, 0.3) is 5.69 Å². The minimum Gasteiger partial charge on any atom is -0.386 e. The molecule has 5 heteroatoms. The average Bonchev–Trinajstić information content (AvgIpc) is 2.62. The Kier molecular flexibility index (Phi) is 2.72. The smallest absolute Gasteiger partial charge is 0.277 e. The second-order valence-corrected chi connectivity index (χ2v) is 6.44. The topological polar surface area (TPSA) is 83.6 Å². The Balaban J connectivity index is 2.02. The zero-order valence-corrected chi connectivity index (χ0v) is 13.0. The average molecular weight is 331 g/mol. The number of nitro groups is 1. The van der Waals surface area contributed by atoms with Crippen LogP contribution < -0.4 is 0 Å². The number of non-ortho nitro benzene ring substituents is 1. The van der Waals surface area contributed by atoms with Gasteiger partial charge in [0, 0.05) is 11.5 Å². The molecule has 25 heavy (non-hydrogen) atoms. The Hall–Kier alpha value is -3.02. The molecule has 0 amide bonds. The number of nitrogens with zero attached hydrogens (tertiary/aromatic N) is 1. The molecule has 5 rings (SSSR count). The van der Waals surface area contributed by atoms with Crippen molar-refractivity contribution < 1.29 is 15.1 Å². The van der Waals surface area contributed by atoms with Gasteiger partial charge < -0.3 is 10.2 Å². The van der Waals surface area contributed by atoms with Crippen LogP contribution in [0.5, 0.6) is 0 Å². The molecular weight excluding hydrogens is 318 g/mol. The van der Waals surface area contributed by atoms with E-state index in [0.29, 0.717) is 10.9 Å². The van der Waals surface area contributed by atoms with Crippen LogP contribution in [0, 0.1) is 10.1 Å². The molecule has 2 atom stereocenters. The highest BCUT2D eigenvalue weighted by Crippen LogP contribution is 2.43. The summed E-state index contributed by atoms with van der Waals surface area (Å²) in [7, 11) is 0. The third kappa shape index (κ3) is 1.79. The van der Waals surface area contributed by atoms with E-state index >= 15 is 0 Å². The summed E-state index contributed by atoms with van der Waals surface area (Å²) < 4.78 is 0. The van der Waals surface area contributed by atoms with Gasteiger partial charge in [-0.15, -0.1) is 0 Å². The first-order chi connectivity index (χ1) is 12.1. The number of aliphatic hydroxyl groups is 2. The predicted molar refractivity (Wildman–Crippen MR) is 96.8 cm³/mol. The van der Waals surface area contributed by atoms with E-state index in [1.165, 1.54) is 6.07 Å². The van der Waals surface area contributed by atoms with E-state index < -0.39 is 12.2 Å². The standard InChI is InChI=1S/C20H13NO4/c22-17-8-6-12-13-4-1-10-3-7-16(21(24)25)14-5-2-11(19(13)18(10)14)9-15(12)20(17)23/h1-9,17,20,22-23H/t17-,20-/m1/s1. The molecule has 0 spiro atoms. The van der Waals surface area contributed by atoms with Crippen molar-refractivity contribution in [3.05, 3.63) is 69.8 Å². The summed E-state index contributed by atoms with van der Waals surface area (Å²) >= 11 is 0. The van der Waals surface area contributed by atoms with Gasteiger partial charge in [0.15, 0.2) is 0 Å². The van der Waals surface area contributed by atoms with E-state index in [2.05, 4.69) is 0 Å². The van der Waals surface area contributed by atoms with E-state index in [1.54, 1.807) is 18.2 Å². The van der Waals surface area contributed by atoms with Crippen molar-refractivity contribution in [3.63, 3.8) is 0 Å². The number of hydrogen-bond acceptors (Lipinski definition) is 4. The van der Waals surface area contributed by atoms with Gasteiger partial charge in [0.05, 0.1) is 10.3 Å². The molecule has 122 valence electrons. The lowest BCUT2D eigenvalue weighted by Gasteiger charge is -2.24. The summed E-state index contributed by atoms with van der Waals surface area (Å²) in [6, 6.07) is 12.7. The van der Waals surface area contributed by atoms with Crippen LogP contribution in [-0.4, -0.2) is 21.2 Å². The van der Waals surface area contributed by atoms with Gasteiger partial charge >= 0.3 is 0 Å². The number of nitro benzene ring substituents is 1. The highest BCUT2D eigenvalue weighted by atomic mass is 16.6. The second kappa shape index (κ2) is 4.75. The SMILES string of the molecule is O=[N+]([O-])c1ccc2ccc3c4c(cc5ccc1c2c53)[C@@H](O)[C@H](O)C=C4. The van der Waals surface area contributed by atoms with Crippen LogP contribution in [0.2, 0.25) is 0 Å². The van der Waals surface area contributed by atoms with E-state index in [4.69, 9.17) is 0 Å². The molecule has 0 unspecified atom stereocenters. The van der Waals surface area contributed by atoms with Gasteiger partial charge in [-0.1, -0.05) is 30.4 Å². The molecule has 1 aliphatic rings. The molecule has 2 N–H and O–H groups in total. The van der Waals surface area contributed by atoms with Crippen molar-refractivity contribution in [3.8, 4) is 0 Å². The lowest BCUT2D eigenvalue weighted by Crippen LogP contribution is -2.19. The zero-order chi connectivity index (χ0) is 17.3. The molecule has 0 aromatic heterocycles. The van der Waals surface area contributed by atoms with Crippen LogP contribution in [0.25, 0.3) is 38.4 Å². The molecule has 4 aromatic rings. The largest absolute Gasteiger partial charge is 0.386 e. The molecule has 0 heterocycles. The predicted octanol–water partition coefficient (Wildman–Crippen LogP) is 3.91. The van der Waals surface area contributed by atoms with Crippen LogP contribution in [0.4, 0.5) is 5.69 Å². The van der Waals surface area contributed by atoms with E-state index in [9.17, 15) is 20.3 Å². The number of fused-ring (bicyclic) bond motifs is 2. The van der Waals surface area contributed by atoms with Gasteiger partial charge in [-0.25, -0.2) is 0 Å². The van der Waals surface area contributed by atoms with Gasteiger partial charge in [-0.05, 0) is 50.9 Å². The molecule has 0 saturated carbocycles. The number of benzene rings is 4. The summed E-state index contributed by atoms with van der Waals surface area (Å²) in [6.07, 6.45) is 1.48. The fourth-order valence-electron chi connectivity index (χ4n) is 3.98. The lowest BCUT2D eigenvalue weighted by molar-refractivity contribution is -0.383. The van der Waals surface area contributed by atoms with Crippen LogP contribution >= 0.6 is 0 Å². The first-order valence-corrected chi connectivity index (χ1v) is 7.99. The fourth-order valence-corrected chi connectivity index (χ4v) is 3.98. The molecular formula is C20H13NO4. The van der Waals surface area contributed by atoms with Crippen LogP contribution in [0.1, 0.15) is 17.2 Å². The van der Waals surface area contributed by atoms with Crippen molar-refractivity contribution in [1.82, 2.24) is 0 Å². The lowest BCUT2D eigenvalue weighted by atomic mass is 9.84. The first kappa shape index (κ1) is 14.3. The molecule has 0 fully saturated rings. The second-order valence-electron chi connectivity index (χ2n) is 6.44. The molecule has 0 saturated heterocycles. The van der Waals surface area contributed by atoms with Crippen LogP contribution in [0.15, 0.2) is 48.5 Å². The Bertz CT molecular complexity index is 1210. The van der Waals surface area contributed by atoms with Gasteiger partial charge in [0.2, 0.25) is 0 Å². The number of hydrogen-bond donors (Lipinski definition) is 2. The fraction of sp³-hybridized carbons (Fsp3) is 0.100. The third-order valence-corrected chi connectivity index (χ3v) is 5.13. The summed E-state index contributed by atoms with van der Waals surface area (Å²) in [6.45, 7) is 0. The zero-order valence-electron chi connectivity index (χ0n) is 13.0. The maximum atomic E-state index is 11.4. The molecule has 0 aliphatic heterocycles. The minimum atomic E-state index is -0.976. The summed E-state index contributed by atoms with van der Waals surface area (Å²) in [4.78, 5) is 11.0. The van der Waals surface area contributed by atoms with Gasteiger partial charge in [-0.3, -0.25) is 10.1 Å². The highest BCUT2D eigenvalue weighted by molar-refractivity contribution is 6.26. The molecule has 0 radical (unpaired) electrons. The molecule has 4 aromatic carbocycles. The van der Waals surface area contributed by atoms with E-state index in [0.717, 1.165) is 32.5 Å². The van der Waals surface area contributed by atoms with Crippen molar-refractivity contribution in [2.75, 3.05) is 0 Å². The van der Waals surface area contributed by atoms with Gasteiger partial charge in [-0.2, -0.15) is 0 Å². The maximum absolute atomic E-state index is 11.4. The van der Waals surface area contributed by atoms with Crippen molar-refractivity contribution in [2.45, 2.75) is 12.2 Å². The van der Waals surface area contributed by atoms with Crippen LogP contribution in [0.3, 0.4) is 0 Å². The normalized spacial score (nSPS) is 19.8. The molecule has 0 bridgehead atoms. The van der Waals surface area contributed by atoms with Gasteiger partial charge in [0.1, 0.15) is 12.2 Å². The minimum absolute atomic E-state index is 0.0885. The monoisotopic (exact) mass is 331 g/mol. The Labute approximate surface area is 141 Å². The van der Waals surface area contributed by atoms with Crippen molar-refractivity contribution >= 4 is 44.1 Å². The quantitative estimate of drug-likeness (QED) is 0.315. The molecule has 5 nitrogen and oxygen atoms in total. The Morgan fingerprint density at radius 2 is 1.60 bits per heavy atom. The van der Waals surface area contributed by atoms with Crippen molar-refractivity contribution in [2.24, 2.45) is 0 Å². The summed E-state index contributed by atoms with van der Waals surface area (Å²) in [5.74, 6) is 0. The van der Waals surface area contributed by atoms with Crippen LogP contribution in [-0.2, 0) is 0 Å². The number of rotatable bonds is 1. The number of aliphatic hydroxyl groups excluding tert-OH is 2. The summed E-state index contributed by atoms with van der Waals surface area (Å²) in [5.41, 5.74) is 1.62. The van der Waals surface area contributed by atoms with E-state index in [-0.39, 0.29) is 10.6 Å². The third-order valence-electron chi connectivity index (χ3n) is 5.13. The molecule has 1 aliphatic carbocycles.